The molecule has 1 aromatic heterocycles. The molecule has 2 heterocycles. The van der Waals surface area contributed by atoms with Gasteiger partial charge in [0.05, 0.1) is 6.61 Å². The summed E-state index contributed by atoms with van der Waals surface area (Å²) in [7, 11) is 0. The minimum atomic E-state index is -1.34. The Bertz CT molecular complexity index is 651. The van der Waals surface area contributed by atoms with Crippen LogP contribution in [-0.4, -0.2) is 49.8 Å². The maximum Gasteiger partial charge on any atom is 0.330 e. The Kier molecular flexibility index (Phi) is 3.70. The SMILES string of the molecule is O=c1[nH]c(=O)n([C@@H]2O[C@@H](CO)[C@@H](O)[C@@H]2O)c2c1CCCC2. The van der Waals surface area contributed by atoms with Crippen molar-refractivity contribution >= 4 is 0 Å². The molecule has 0 bridgehead atoms. The first-order chi connectivity index (χ1) is 10.0. The van der Waals surface area contributed by atoms with Gasteiger partial charge in [0.1, 0.15) is 18.3 Å². The van der Waals surface area contributed by atoms with Crippen molar-refractivity contribution in [2.75, 3.05) is 6.61 Å². The number of aliphatic hydroxyl groups is 3. The first-order valence-electron chi connectivity index (χ1n) is 7.03. The third-order valence-electron chi connectivity index (χ3n) is 4.21. The number of aliphatic hydroxyl groups excluding tert-OH is 3. The molecule has 1 aliphatic carbocycles. The fourth-order valence-electron chi connectivity index (χ4n) is 3.12. The zero-order chi connectivity index (χ0) is 15.1. The minimum absolute atomic E-state index is 0.405. The lowest BCUT2D eigenvalue weighted by atomic mass is 9.96. The third-order valence-corrected chi connectivity index (χ3v) is 4.21. The summed E-state index contributed by atoms with van der Waals surface area (Å²) < 4.78 is 6.61. The van der Waals surface area contributed by atoms with Crippen molar-refractivity contribution in [2.45, 2.75) is 50.2 Å². The molecule has 0 amide bonds. The van der Waals surface area contributed by atoms with E-state index >= 15 is 0 Å². The molecule has 4 atom stereocenters. The molecule has 1 saturated heterocycles. The molecule has 3 rings (SSSR count). The number of hydrogen-bond acceptors (Lipinski definition) is 6. The third kappa shape index (κ3) is 2.24. The smallest absolute Gasteiger partial charge is 0.330 e. The largest absolute Gasteiger partial charge is 0.394 e. The Balaban J connectivity index is 2.11. The summed E-state index contributed by atoms with van der Waals surface area (Å²) in [6.07, 6.45) is -1.86. The topological polar surface area (TPSA) is 125 Å². The molecule has 4 N–H and O–H groups in total. The molecule has 116 valence electrons. The molecule has 8 heteroatoms. The van der Waals surface area contributed by atoms with E-state index in [4.69, 9.17) is 9.84 Å². The predicted octanol–water partition coefficient (Wildman–Crippen LogP) is -1.97. The van der Waals surface area contributed by atoms with Gasteiger partial charge in [-0.1, -0.05) is 0 Å². The summed E-state index contributed by atoms with van der Waals surface area (Å²) in [6.45, 7) is -0.463. The van der Waals surface area contributed by atoms with E-state index in [2.05, 4.69) is 4.98 Å². The van der Waals surface area contributed by atoms with Crippen molar-refractivity contribution in [3.05, 3.63) is 32.1 Å². The lowest BCUT2D eigenvalue weighted by Gasteiger charge is -2.25. The van der Waals surface area contributed by atoms with Crippen LogP contribution in [0.15, 0.2) is 9.59 Å². The van der Waals surface area contributed by atoms with Crippen LogP contribution in [0.4, 0.5) is 0 Å². The summed E-state index contributed by atoms with van der Waals surface area (Å²) in [5.41, 5.74) is -0.00314. The quantitative estimate of drug-likeness (QED) is 0.502. The number of H-pyrrole nitrogens is 1. The van der Waals surface area contributed by atoms with Gasteiger partial charge in [-0.25, -0.2) is 4.79 Å². The van der Waals surface area contributed by atoms with E-state index in [-0.39, 0.29) is 0 Å². The van der Waals surface area contributed by atoms with Crippen LogP contribution in [0.25, 0.3) is 0 Å². The summed E-state index contributed by atoms with van der Waals surface area (Å²) >= 11 is 0. The first-order valence-corrected chi connectivity index (χ1v) is 7.03. The van der Waals surface area contributed by atoms with E-state index in [1.165, 1.54) is 4.57 Å². The second-order valence-electron chi connectivity index (χ2n) is 5.49. The fourth-order valence-corrected chi connectivity index (χ4v) is 3.12. The zero-order valence-corrected chi connectivity index (χ0v) is 11.4. The Labute approximate surface area is 119 Å². The average Bonchev–Trinajstić information content (AvgIpc) is 2.75. The fraction of sp³-hybridized carbons (Fsp3) is 0.692. The molecule has 2 aliphatic rings. The van der Waals surface area contributed by atoms with Crippen LogP contribution in [0, 0.1) is 0 Å². The van der Waals surface area contributed by atoms with Crippen LogP contribution in [0.5, 0.6) is 0 Å². The van der Waals surface area contributed by atoms with Gasteiger partial charge in [0.15, 0.2) is 6.23 Å². The Morgan fingerprint density at radius 2 is 1.90 bits per heavy atom. The highest BCUT2D eigenvalue weighted by atomic mass is 16.6. The van der Waals surface area contributed by atoms with Crippen LogP contribution in [0.1, 0.15) is 30.3 Å². The van der Waals surface area contributed by atoms with Crippen LogP contribution in [-0.2, 0) is 17.6 Å². The Morgan fingerprint density at radius 1 is 1.19 bits per heavy atom. The summed E-state index contributed by atoms with van der Waals surface area (Å²) in [6, 6.07) is 0. The molecular weight excluding hydrogens is 280 g/mol. The average molecular weight is 298 g/mol. The minimum Gasteiger partial charge on any atom is -0.394 e. The molecule has 1 aromatic rings. The van der Waals surface area contributed by atoms with Crippen molar-refractivity contribution in [3.63, 3.8) is 0 Å². The second-order valence-corrected chi connectivity index (χ2v) is 5.49. The highest BCUT2D eigenvalue weighted by Crippen LogP contribution is 2.30. The molecule has 0 saturated carbocycles. The van der Waals surface area contributed by atoms with Crippen LogP contribution >= 0.6 is 0 Å². The first kappa shape index (κ1) is 14.5. The highest BCUT2D eigenvalue weighted by Gasteiger charge is 2.44. The molecule has 8 nitrogen and oxygen atoms in total. The molecule has 1 fully saturated rings. The summed E-state index contributed by atoms with van der Waals surface area (Å²) in [5, 5.41) is 29.0. The van der Waals surface area contributed by atoms with Crippen LogP contribution in [0.2, 0.25) is 0 Å². The van der Waals surface area contributed by atoms with E-state index in [0.717, 1.165) is 12.8 Å². The van der Waals surface area contributed by atoms with Crippen molar-refractivity contribution in [1.29, 1.82) is 0 Å². The number of aromatic nitrogens is 2. The number of ether oxygens (including phenoxy) is 1. The van der Waals surface area contributed by atoms with E-state index in [1.807, 2.05) is 0 Å². The summed E-state index contributed by atoms with van der Waals surface area (Å²) in [4.78, 5) is 26.2. The molecular formula is C13H18N2O6. The number of hydrogen-bond donors (Lipinski definition) is 4. The van der Waals surface area contributed by atoms with E-state index in [1.54, 1.807) is 0 Å². The van der Waals surface area contributed by atoms with Gasteiger partial charge in [-0.05, 0) is 25.7 Å². The van der Waals surface area contributed by atoms with Crippen LogP contribution < -0.4 is 11.2 Å². The molecule has 0 aromatic carbocycles. The van der Waals surface area contributed by atoms with Gasteiger partial charge in [-0.3, -0.25) is 14.3 Å². The maximum atomic E-state index is 12.1. The van der Waals surface area contributed by atoms with Crippen molar-refractivity contribution in [3.8, 4) is 0 Å². The number of rotatable bonds is 2. The highest BCUT2D eigenvalue weighted by molar-refractivity contribution is 5.21. The molecule has 1 aliphatic heterocycles. The second kappa shape index (κ2) is 5.38. The monoisotopic (exact) mass is 298 g/mol. The normalized spacial score (nSPS) is 32.1. The number of fused-ring (bicyclic) bond motifs is 1. The standard InChI is InChI=1S/C13H18N2O6/c16-5-8-9(17)10(18)12(21-8)15-7-4-2-1-3-6(7)11(19)14-13(15)20/h8-10,12,16-18H,1-5H2,(H,14,19,20)/t8-,9+,10-,12+/m0/s1. The molecule has 0 spiro atoms. The van der Waals surface area contributed by atoms with Gasteiger partial charge in [0.2, 0.25) is 0 Å². The summed E-state index contributed by atoms with van der Waals surface area (Å²) in [5.74, 6) is 0. The zero-order valence-electron chi connectivity index (χ0n) is 11.4. The van der Waals surface area contributed by atoms with Gasteiger partial charge < -0.3 is 20.1 Å². The van der Waals surface area contributed by atoms with E-state index < -0.39 is 42.4 Å². The van der Waals surface area contributed by atoms with Gasteiger partial charge in [-0.2, -0.15) is 0 Å². The lowest BCUT2D eigenvalue weighted by molar-refractivity contribution is -0.0565. The van der Waals surface area contributed by atoms with E-state index in [0.29, 0.717) is 24.1 Å². The maximum absolute atomic E-state index is 12.1. The van der Waals surface area contributed by atoms with Gasteiger partial charge in [0.25, 0.3) is 5.56 Å². The van der Waals surface area contributed by atoms with Crippen LogP contribution in [0.3, 0.4) is 0 Å². The van der Waals surface area contributed by atoms with Crippen molar-refractivity contribution in [1.82, 2.24) is 9.55 Å². The van der Waals surface area contributed by atoms with Gasteiger partial charge in [-0.15, -0.1) is 0 Å². The predicted molar refractivity (Wildman–Crippen MR) is 71.0 cm³/mol. The lowest BCUT2D eigenvalue weighted by Crippen LogP contribution is -2.42. The van der Waals surface area contributed by atoms with Gasteiger partial charge >= 0.3 is 5.69 Å². The molecule has 21 heavy (non-hydrogen) atoms. The van der Waals surface area contributed by atoms with Crippen molar-refractivity contribution < 1.29 is 20.1 Å². The Hall–Kier alpha value is -1.48. The van der Waals surface area contributed by atoms with Crippen molar-refractivity contribution in [2.24, 2.45) is 0 Å². The number of nitrogens with zero attached hydrogens (tertiary/aromatic N) is 1. The Morgan fingerprint density at radius 3 is 2.57 bits per heavy atom. The van der Waals surface area contributed by atoms with E-state index in [9.17, 15) is 19.8 Å². The number of nitrogens with one attached hydrogen (secondary N) is 1. The molecule has 0 unspecified atom stereocenters. The van der Waals surface area contributed by atoms with Gasteiger partial charge in [0, 0.05) is 11.3 Å². The number of aromatic amines is 1. The molecule has 0 radical (unpaired) electrons.